The van der Waals surface area contributed by atoms with Crippen LogP contribution in [0, 0.1) is 11.3 Å². The normalized spacial score (nSPS) is 18.8. The third kappa shape index (κ3) is 3.06. The Hall–Kier alpha value is -1.58. The molecule has 1 N–H and O–H groups in total. The van der Waals surface area contributed by atoms with Gasteiger partial charge in [0.25, 0.3) is 5.91 Å². The van der Waals surface area contributed by atoms with Gasteiger partial charge in [0, 0.05) is 18.1 Å². The van der Waals surface area contributed by atoms with E-state index >= 15 is 0 Å². The van der Waals surface area contributed by atoms with Crippen LogP contribution < -0.4 is 10.2 Å². The third-order valence-corrected chi connectivity index (χ3v) is 3.52. The largest absolute Gasteiger partial charge is 0.365 e. The lowest BCUT2D eigenvalue weighted by molar-refractivity contribution is -0.132. The van der Waals surface area contributed by atoms with Crippen molar-refractivity contribution in [2.75, 3.05) is 31.6 Å². The number of carbonyl (C=O) groups excluding carboxylic acids is 1. The average Bonchev–Trinajstić information content (AvgIpc) is 2.46. The van der Waals surface area contributed by atoms with Gasteiger partial charge in [0.15, 0.2) is 6.10 Å². The number of amides is 1. The highest BCUT2D eigenvalue weighted by Gasteiger charge is 2.27. The van der Waals surface area contributed by atoms with Crippen LogP contribution in [-0.2, 0) is 9.53 Å². The molecule has 6 heteroatoms. The van der Waals surface area contributed by atoms with Gasteiger partial charge < -0.3 is 15.0 Å². The van der Waals surface area contributed by atoms with E-state index in [0.717, 1.165) is 10.2 Å². The second-order valence-corrected chi connectivity index (χ2v) is 5.11. The van der Waals surface area contributed by atoms with Gasteiger partial charge in [0.1, 0.15) is 6.07 Å². The maximum atomic E-state index is 11.6. The highest BCUT2D eigenvalue weighted by atomic mass is 79.9. The van der Waals surface area contributed by atoms with E-state index in [-0.39, 0.29) is 5.91 Å². The number of halogens is 1. The zero-order valence-corrected chi connectivity index (χ0v) is 12.1. The number of carbonyl (C=O) groups is 1. The monoisotopic (exact) mass is 323 g/mol. The van der Waals surface area contributed by atoms with E-state index in [9.17, 15) is 10.1 Å². The van der Waals surface area contributed by atoms with Crippen molar-refractivity contribution in [2.24, 2.45) is 0 Å². The van der Waals surface area contributed by atoms with Crippen LogP contribution in [0.2, 0.25) is 0 Å². The molecule has 19 heavy (non-hydrogen) atoms. The van der Waals surface area contributed by atoms with Crippen LogP contribution in [0.1, 0.15) is 5.56 Å². The smallest absolute Gasteiger partial charge is 0.250 e. The summed E-state index contributed by atoms with van der Waals surface area (Å²) >= 11 is 3.35. The molecule has 0 saturated carbocycles. The minimum absolute atomic E-state index is 0.139. The topological polar surface area (TPSA) is 65.4 Å². The van der Waals surface area contributed by atoms with Crippen LogP contribution >= 0.6 is 15.9 Å². The summed E-state index contributed by atoms with van der Waals surface area (Å²) in [6.07, 6.45) is -0.492. The zero-order chi connectivity index (χ0) is 13.8. The summed E-state index contributed by atoms with van der Waals surface area (Å²) in [5, 5.41) is 11.8. The molecule has 100 valence electrons. The minimum Gasteiger partial charge on any atom is -0.365 e. The molecular formula is C13H14BrN3O2. The molecule has 1 aromatic carbocycles. The summed E-state index contributed by atoms with van der Waals surface area (Å²) in [5.74, 6) is -0.139. The maximum Gasteiger partial charge on any atom is 0.250 e. The van der Waals surface area contributed by atoms with Gasteiger partial charge in [-0.2, -0.15) is 5.26 Å². The Morgan fingerprint density at radius 1 is 1.63 bits per heavy atom. The standard InChI is InChI=1S/C13H14BrN3O2/c1-16-13(18)12-8-17(4-5-19-12)11-3-2-10(14)6-9(11)7-15/h2-3,6,12H,4-5,8H2,1H3,(H,16,18). The molecule has 1 fully saturated rings. The van der Waals surface area contributed by atoms with E-state index in [2.05, 4.69) is 27.3 Å². The van der Waals surface area contributed by atoms with Crippen molar-refractivity contribution >= 4 is 27.5 Å². The molecule has 0 spiro atoms. The average molecular weight is 324 g/mol. The lowest BCUT2D eigenvalue weighted by atomic mass is 10.1. The molecule has 0 bridgehead atoms. The number of ether oxygens (including phenoxy) is 1. The molecule has 1 unspecified atom stereocenters. The molecule has 0 aliphatic carbocycles. The lowest BCUT2D eigenvalue weighted by Gasteiger charge is -2.34. The maximum absolute atomic E-state index is 11.6. The van der Waals surface area contributed by atoms with E-state index in [4.69, 9.17) is 4.74 Å². The molecule has 2 rings (SSSR count). The first kappa shape index (κ1) is 13.8. The number of morpholine rings is 1. The number of nitrogens with one attached hydrogen (secondary N) is 1. The Morgan fingerprint density at radius 2 is 2.42 bits per heavy atom. The highest BCUT2D eigenvalue weighted by Crippen LogP contribution is 2.25. The second kappa shape index (κ2) is 6.04. The van der Waals surface area contributed by atoms with E-state index in [1.54, 1.807) is 13.1 Å². The first-order chi connectivity index (χ1) is 9.15. The SMILES string of the molecule is CNC(=O)C1CN(c2ccc(Br)cc2C#N)CCO1. The molecule has 1 atom stereocenters. The van der Waals surface area contributed by atoms with Crippen molar-refractivity contribution in [2.45, 2.75) is 6.10 Å². The molecule has 1 heterocycles. The minimum atomic E-state index is -0.492. The fraction of sp³-hybridized carbons (Fsp3) is 0.385. The quantitative estimate of drug-likeness (QED) is 0.890. The van der Waals surface area contributed by atoms with Gasteiger partial charge in [-0.15, -0.1) is 0 Å². The Kier molecular flexibility index (Phi) is 4.40. The van der Waals surface area contributed by atoms with Crippen LogP contribution in [0.5, 0.6) is 0 Å². The van der Waals surface area contributed by atoms with Gasteiger partial charge in [-0.05, 0) is 18.2 Å². The predicted molar refractivity (Wildman–Crippen MR) is 74.9 cm³/mol. The number of nitrogens with zero attached hydrogens (tertiary/aromatic N) is 2. The number of hydrogen-bond donors (Lipinski definition) is 1. The lowest BCUT2D eigenvalue weighted by Crippen LogP contribution is -2.49. The van der Waals surface area contributed by atoms with Crippen LogP contribution in [0.25, 0.3) is 0 Å². The summed E-state index contributed by atoms with van der Waals surface area (Å²) in [5.41, 5.74) is 1.43. The Labute approximate surface area is 120 Å². The summed E-state index contributed by atoms with van der Waals surface area (Å²) in [6, 6.07) is 7.73. The summed E-state index contributed by atoms with van der Waals surface area (Å²) in [4.78, 5) is 13.6. The summed E-state index contributed by atoms with van der Waals surface area (Å²) in [6.45, 7) is 1.60. The van der Waals surface area contributed by atoms with Crippen molar-refractivity contribution in [1.29, 1.82) is 5.26 Å². The summed E-state index contributed by atoms with van der Waals surface area (Å²) < 4.78 is 6.30. The van der Waals surface area contributed by atoms with Crippen molar-refractivity contribution in [3.63, 3.8) is 0 Å². The second-order valence-electron chi connectivity index (χ2n) is 4.19. The van der Waals surface area contributed by atoms with Gasteiger partial charge in [-0.3, -0.25) is 4.79 Å². The van der Waals surface area contributed by atoms with Gasteiger partial charge in [0.2, 0.25) is 0 Å². The van der Waals surface area contributed by atoms with E-state index in [1.165, 1.54) is 0 Å². The molecule has 1 aliphatic heterocycles. The van der Waals surface area contributed by atoms with Crippen molar-refractivity contribution in [3.8, 4) is 6.07 Å². The highest BCUT2D eigenvalue weighted by molar-refractivity contribution is 9.10. The molecule has 1 saturated heterocycles. The number of nitriles is 1. The van der Waals surface area contributed by atoms with Crippen LogP contribution in [-0.4, -0.2) is 38.8 Å². The van der Waals surface area contributed by atoms with Crippen LogP contribution in [0.3, 0.4) is 0 Å². The first-order valence-corrected chi connectivity index (χ1v) is 6.73. The van der Waals surface area contributed by atoms with Crippen LogP contribution in [0.15, 0.2) is 22.7 Å². The molecule has 1 aliphatic rings. The summed E-state index contributed by atoms with van der Waals surface area (Å²) in [7, 11) is 1.59. The fourth-order valence-corrected chi connectivity index (χ4v) is 2.42. The number of likely N-dealkylation sites (N-methyl/N-ethyl adjacent to an activating group) is 1. The van der Waals surface area contributed by atoms with Crippen molar-refractivity contribution < 1.29 is 9.53 Å². The van der Waals surface area contributed by atoms with E-state index < -0.39 is 6.10 Å². The van der Waals surface area contributed by atoms with Crippen molar-refractivity contribution in [3.05, 3.63) is 28.2 Å². The molecule has 5 nitrogen and oxygen atoms in total. The van der Waals surface area contributed by atoms with Gasteiger partial charge in [-0.25, -0.2) is 0 Å². The van der Waals surface area contributed by atoms with Crippen molar-refractivity contribution in [1.82, 2.24) is 5.32 Å². The van der Waals surface area contributed by atoms with Gasteiger partial charge >= 0.3 is 0 Å². The predicted octanol–water partition coefficient (Wildman–Crippen LogP) is 1.27. The Balaban J connectivity index is 2.22. The molecule has 1 aromatic rings. The van der Waals surface area contributed by atoms with Gasteiger partial charge in [0.05, 0.1) is 24.4 Å². The third-order valence-electron chi connectivity index (χ3n) is 3.03. The van der Waals surface area contributed by atoms with E-state index in [1.807, 2.05) is 17.0 Å². The zero-order valence-electron chi connectivity index (χ0n) is 10.5. The molecule has 0 aromatic heterocycles. The number of hydrogen-bond acceptors (Lipinski definition) is 4. The Bertz CT molecular complexity index is 527. The first-order valence-electron chi connectivity index (χ1n) is 5.93. The van der Waals surface area contributed by atoms with Gasteiger partial charge in [-0.1, -0.05) is 15.9 Å². The molecule has 1 amide bonds. The molecule has 0 radical (unpaired) electrons. The molecular weight excluding hydrogens is 310 g/mol. The Morgan fingerprint density at radius 3 is 3.11 bits per heavy atom. The number of anilines is 1. The number of rotatable bonds is 2. The van der Waals surface area contributed by atoms with Crippen LogP contribution in [0.4, 0.5) is 5.69 Å². The van der Waals surface area contributed by atoms with E-state index in [0.29, 0.717) is 25.3 Å². The fourth-order valence-electron chi connectivity index (χ4n) is 2.06. The number of benzene rings is 1.